The number of carbonyl (C=O) groups is 1. The summed E-state index contributed by atoms with van der Waals surface area (Å²) in [5, 5.41) is 17.0. The fraction of sp³-hybridized carbons (Fsp3) is 0.304. The van der Waals surface area contributed by atoms with Gasteiger partial charge in [0.25, 0.3) is 5.91 Å². The van der Waals surface area contributed by atoms with E-state index in [1.807, 2.05) is 56.3 Å². The number of aromatic nitrogens is 2. The van der Waals surface area contributed by atoms with Gasteiger partial charge in [-0.25, -0.2) is 4.68 Å². The molecule has 30 heavy (non-hydrogen) atoms. The normalized spacial score (nSPS) is 14.7. The average Bonchev–Trinajstić information content (AvgIpc) is 3.09. The molecule has 1 aromatic heterocycles. The minimum Gasteiger partial charge on any atom is -0.508 e. The summed E-state index contributed by atoms with van der Waals surface area (Å²) in [5.74, 6) is 0.972. The van der Waals surface area contributed by atoms with E-state index in [1.165, 1.54) is 10.5 Å². The minimum absolute atomic E-state index is 0.00338. The van der Waals surface area contributed by atoms with Crippen LogP contribution >= 0.6 is 0 Å². The Morgan fingerprint density at radius 3 is 2.33 bits per heavy atom. The molecule has 0 aliphatic carbocycles. The number of phenolic OH excluding ortho intramolecular Hbond substituents is 1. The number of amides is 1. The van der Waals surface area contributed by atoms with Crippen molar-refractivity contribution in [2.24, 2.45) is 0 Å². The Balaban J connectivity index is 1.35. The first kappa shape index (κ1) is 20.0. The molecule has 3 N–H and O–H groups in total. The van der Waals surface area contributed by atoms with Gasteiger partial charge in [-0.2, -0.15) is 5.10 Å². The van der Waals surface area contributed by atoms with Crippen LogP contribution in [-0.2, 0) is 4.79 Å². The molecule has 7 heteroatoms. The first-order chi connectivity index (χ1) is 14.5. The van der Waals surface area contributed by atoms with Crippen LogP contribution in [0.1, 0.15) is 11.3 Å². The van der Waals surface area contributed by atoms with Crippen LogP contribution < -0.4 is 15.1 Å². The molecule has 1 aliphatic rings. The lowest BCUT2D eigenvalue weighted by Crippen LogP contribution is -3.15. The van der Waals surface area contributed by atoms with Gasteiger partial charge in [-0.05, 0) is 50.2 Å². The van der Waals surface area contributed by atoms with Crippen molar-refractivity contribution in [2.75, 3.05) is 42.9 Å². The number of nitrogens with one attached hydrogen (secondary N) is 2. The molecule has 0 unspecified atom stereocenters. The minimum atomic E-state index is -0.00338. The van der Waals surface area contributed by atoms with Gasteiger partial charge < -0.3 is 20.2 Å². The molecule has 156 valence electrons. The third-order valence-corrected chi connectivity index (χ3v) is 5.47. The molecular weight excluding hydrogens is 378 g/mol. The van der Waals surface area contributed by atoms with E-state index in [4.69, 9.17) is 0 Å². The van der Waals surface area contributed by atoms with E-state index in [1.54, 1.807) is 16.8 Å². The largest absolute Gasteiger partial charge is 0.508 e. The Labute approximate surface area is 176 Å². The summed E-state index contributed by atoms with van der Waals surface area (Å²) in [6, 6.07) is 17.3. The molecule has 4 rings (SSSR count). The number of anilines is 2. The van der Waals surface area contributed by atoms with Gasteiger partial charge >= 0.3 is 0 Å². The SMILES string of the molecule is Cc1ccc(-n2nc(C)cc2NC(=O)C[NH+]2CCN(c3ccc(O)cc3)CC2)cc1. The van der Waals surface area contributed by atoms with Crippen LogP contribution in [0, 0.1) is 13.8 Å². The van der Waals surface area contributed by atoms with Crippen molar-refractivity contribution in [1.82, 2.24) is 9.78 Å². The second kappa shape index (κ2) is 8.59. The Kier molecular flexibility index (Phi) is 5.72. The van der Waals surface area contributed by atoms with Crippen LogP contribution in [0.3, 0.4) is 0 Å². The zero-order valence-electron chi connectivity index (χ0n) is 17.4. The Hall–Kier alpha value is -3.32. The topological polar surface area (TPSA) is 74.8 Å². The van der Waals surface area contributed by atoms with Gasteiger partial charge in [-0.1, -0.05) is 17.7 Å². The summed E-state index contributed by atoms with van der Waals surface area (Å²) >= 11 is 0. The highest BCUT2D eigenvalue weighted by atomic mass is 16.3. The van der Waals surface area contributed by atoms with Crippen molar-refractivity contribution in [3.63, 3.8) is 0 Å². The van der Waals surface area contributed by atoms with E-state index in [9.17, 15) is 9.90 Å². The van der Waals surface area contributed by atoms with Crippen LogP contribution in [0.4, 0.5) is 11.5 Å². The Morgan fingerprint density at radius 1 is 1.03 bits per heavy atom. The van der Waals surface area contributed by atoms with Gasteiger partial charge in [-0.15, -0.1) is 0 Å². The van der Waals surface area contributed by atoms with Crippen molar-refractivity contribution in [2.45, 2.75) is 13.8 Å². The fourth-order valence-electron chi connectivity index (χ4n) is 3.81. The van der Waals surface area contributed by atoms with Crippen molar-refractivity contribution in [3.8, 4) is 11.4 Å². The molecule has 1 fully saturated rings. The lowest BCUT2D eigenvalue weighted by Gasteiger charge is -2.33. The molecule has 2 heterocycles. The number of carbonyl (C=O) groups excluding carboxylic acids is 1. The molecule has 0 bridgehead atoms. The number of benzene rings is 2. The Bertz CT molecular complexity index is 1000. The third-order valence-electron chi connectivity index (χ3n) is 5.47. The van der Waals surface area contributed by atoms with Gasteiger partial charge in [0.1, 0.15) is 11.6 Å². The highest BCUT2D eigenvalue weighted by Gasteiger charge is 2.23. The number of nitrogens with zero attached hydrogens (tertiary/aromatic N) is 3. The number of phenols is 1. The van der Waals surface area contributed by atoms with Gasteiger partial charge in [0.15, 0.2) is 6.54 Å². The average molecular weight is 407 g/mol. The van der Waals surface area contributed by atoms with Gasteiger partial charge in [0.2, 0.25) is 0 Å². The van der Waals surface area contributed by atoms with Crippen LogP contribution in [0.2, 0.25) is 0 Å². The van der Waals surface area contributed by atoms with Crippen LogP contribution in [0.25, 0.3) is 5.69 Å². The van der Waals surface area contributed by atoms with Crippen LogP contribution in [0.15, 0.2) is 54.6 Å². The van der Waals surface area contributed by atoms with Crippen molar-refractivity contribution in [1.29, 1.82) is 0 Å². The summed E-state index contributed by atoms with van der Waals surface area (Å²) < 4.78 is 1.78. The molecular formula is C23H28N5O2+. The van der Waals surface area contributed by atoms with Crippen molar-refractivity contribution < 1.29 is 14.8 Å². The van der Waals surface area contributed by atoms with Crippen LogP contribution in [-0.4, -0.2) is 53.5 Å². The highest BCUT2D eigenvalue weighted by Crippen LogP contribution is 2.19. The number of hydrogen-bond acceptors (Lipinski definition) is 4. The van der Waals surface area contributed by atoms with Gasteiger partial charge in [-0.3, -0.25) is 4.79 Å². The summed E-state index contributed by atoms with van der Waals surface area (Å²) in [4.78, 5) is 16.3. The number of aryl methyl sites for hydroxylation is 2. The predicted molar refractivity (Wildman–Crippen MR) is 118 cm³/mol. The predicted octanol–water partition coefficient (Wildman–Crippen LogP) is 1.54. The highest BCUT2D eigenvalue weighted by molar-refractivity contribution is 5.91. The molecule has 0 atom stereocenters. The van der Waals surface area contributed by atoms with E-state index in [2.05, 4.69) is 15.3 Å². The van der Waals surface area contributed by atoms with E-state index in [0.29, 0.717) is 12.4 Å². The summed E-state index contributed by atoms with van der Waals surface area (Å²) in [6.45, 7) is 7.96. The second-order valence-electron chi connectivity index (χ2n) is 7.90. The van der Waals surface area contributed by atoms with E-state index in [-0.39, 0.29) is 11.7 Å². The molecule has 7 nitrogen and oxygen atoms in total. The monoisotopic (exact) mass is 406 g/mol. The standard InChI is InChI=1S/C23H27N5O2/c1-17-3-5-20(6-4-17)28-22(15-18(2)25-28)24-23(30)16-26-11-13-27(14-12-26)19-7-9-21(29)10-8-19/h3-10,15,29H,11-14,16H2,1-2H3,(H,24,30)/p+1. The maximum atomic E-state index is 12.7. The number of hydrogen-bond donors (Lipinski definition) is 3. The third kappa shape index (κ3) is 4.63. The lowest BCUT2D eigenvalue weighted by molar-refractivity contribution is -0.892. The summed E-state index contributed by atoms with van der Waals surface area (Å²) in [6.07, 6.45) is 0. The molecule has 1 amide bonds. The summed E-state index contributed by atoms with van der Waals surface area (Å²) in [5.41, 5.74) is 4.08. The van der Waals surface area contributed by atoms with Crippen molar-refractivity contribution >= 4 is 17.4 Å². The van der Waals surface area contributed by atoms with E-state index in [0.717, 1.165) is 43.2 Å². The molecule has 2 aromatic carbocycles. The Morgan fingerprint density at radius 2 is 1.67 bits per heavy atom. The zero-order chi connectivity index (χ0) is 21.1. The molecule has 0 spiro atoms. The van der Waals surface area contributed by atoms with Gasteiger partial charge in [0.05, 0.1) is 37.6 Å². The van der Waals surface area contributed by atoms with Gasteiger partial charge in [0, 0.05) is 11.8 Å². The number of piperazine rings is 1. The van der Waals surface area contributed by atoms with E-state index >= 15 is 0 Å². The first-order valence-corrected chi connectivity index (χ1v) is 10.3. The molecule has 0 radical (unpaired) electrons. The van der Waals surface area contributed by atoms with E-state index < -0.39 is 0 Å². The van der Waals surface area contributed by atoms with Crippen molar-refractivity contribution in [3.05, 3.63) is 65.9 Å². The lowest BCUT2D eigenvalue weighted by atomic mass is 10.2. The molecule has 3 aromatic rings. The number of aromatic hydroxyl groups is 1. The number of rotatable bonds is 5. The van der Waals surface area contributed by atoms with Crippen LogP contribution in [0.5, 0.6) is 5.75 Å². The maximum absolute atomic E-state index is 12.7. The molecule has 1 aliphatic heterocycles. The fourth-order valence-corrected chi connectivity index (χ4v) is 3.81. The zero-order valence-corrected chi connectivity index (χ0v) is 17.4. The smallest absolute Gasteiger partial charge is 0.280 e. The molecule has 1 saturated heterocycles. The maximum Gasteiger partial charge on any atom is 0.280 e. The number of quaternary nitrogens is 1. The summed E-state index contributed by atoms with van der Waals surface area (Å²) in [7, 11) is 0. The quantitative estimate of drug-likeness (QED) is 0.601. The molecule has 0 saturated carbocycles. The second-order valence-corrected chi connectivity index (χ2v) is 7.90. The first-order valence-electron chi connectivity index (χ1n) is 10.3.